The van der Waals surface area contributed by atoms with E-state index in [0.717, 1.165) is 24.3 Å². The Morgan fingerprint density at radius 1 is 1.00 bits per heavy atom. The van der Waals surface area contributed by atoms with Gasteiger partial charge in [-0.25, -0.2) is 26.0 Å². The molecule has 5 rings (SSSR count). The van der Waals surface area contributed by atoms with E-state index in [0.29, 0.717) is 30.5 Å². The summed E-state index contributed by atoms with van der Waals surface area (Å²) >= 11 is 0. The number of benzene rings is 3. The minimum Gasteiger partial charge on any atom is -0.449 e. The third-order valence-corrected chi connectivity index (χ3v) is 9.64. The largest absolute Gasteiger partial charge is 0.449 e. The Hall–Kier alpha value is -4.04. The van der Waals surface area contributed by atoms with Gasteiger partial charge in [-0.1, -0.05) is 18.2 Å². The molecular weight excluding hydrogens is 612 g/mol. The fourth-order valence-corrected chi connectivity index (χ4v) is 7.22. The average Bonchev–Trinajstić information content (AvgIpc) is 3.45. The molecule has 4 aromatic rings. The Morgan fingerprint density at radius 2 is 1.71 bits per heavy atom. The van der Waals surface area contributed by atoms with Crippen molar-refractivity contribution in [1.82, 2.24) is 9.62 Å². The van der Waals surface area contributed by atoms with Crippen LogP contribution in [-0.2, 0) is 21.2 Å². The Labute approximate surface area is 258 Å². The van der Waals surface area contributed by atoms with Gasteiger partial charge in [0, 0.05) is 48.9 Å². The van der Waals surface area contributed by atoms with Gasteiger partial charge in [0.2, 0.25) is 11.0 Å². The number of nitrogens with two attached hydrogens (primary N) is 1. The van der Waals surface area contributed by atoms with Crippen molar-refractivity contribution in [2.75, 3.05) is 25.0 Å². The summed E-state index contributed by atoms with van der Waals surface area (Å²) in [6.45, 7) is 2.59. The van der Waals surface area contributed by atoms with Gasteiger partial charge in [0.15, 0.2) is 0 Å². The highest BCUT2D eigenvalue weighted by Gasteiger charge is 2.36. The lowest BCUT2D eigenvalue weighted by Gasteiger charge is -2.34. The molecule has 1 unspecified atom stereocenters. The second-order valence-electron chi connectivity index (χ2n) is 10.9. The number of nitrogens with zero attached hydrogens (tertiary/aromatic N) is 1. The summed E-state index contributed by atoms with van der Waals surface area (Å²) in [5, 5.41) is 5.64. The van der Waals surface area contributed by atoms with E-state index >= 15 is 4.39 Å². The molecule has 4 N–H and O–H groups in total. The quantitative estimate of drug-likeness (QED) is 0.213. The minimum absolute atomic E-state index is 0.0547. The van der Waals surface area contributed by atoms with Crippen LogP contribution in [0.5, 0.6) is 0 Å². The lowest BCUT2D eigenvalue weighted by molar-refractivity contribution is -0.117. The van der Waals surface area contributed by atoms with Crippen LogP contribution in [0.1, 0.15) is 34.8 Å². The summed E-state index contributed by atoms with van der Waals surface area (Å²) in [6, 6.07) is 12.9. The number of nitrogens with one attached hydrogen (secondary N) is 2. The van der Waals surface area contributed by atoms with Crippen LogP contribution in [0.25, 0.3) is 0 Å². The van der Waals surface area contributed by atoms with Crippen molar-refractivity contribution in [2.24, 2.45) is 5.73 Å². The monoisotopic (exact) mass is 644 g/mol. The van der Waals surface area contributed by atoms with Crippen molar-refractivity contribution in [3.05, 3.63) is 119 Å². The standard InChI is InChI=1S/C32H32F4N4O4S/c1-19-5-12-29(44-19)45(42,43)40-14-13-38-18-25(40)10-11-26-27(36)3-2-4-28(26)39-32(41)31(37)30(20-6-8-22(33)9-7-20)21-15-23(34)17-24(35)16-21/h2-9,12,15-17,25,30-31,38H,10-11,13-14,18,37H2,1H3,(H,39,41)/t25?,30-,31-/m0/s1. The van der Waals surface area contributed by atoms with Gasteiger partial charge in [0.25, 0.3) is 10.0 Å². The Morgan fingerprint density at radius 3 is 2.38 bits per heavy atom. The minimum atomic E-state index is -3.95. The molecule has 45 heavy (non-hydrogen) atoms. The van der Waals surface area contributed by atoms with Gasteiger partial charge >= 0.3 is 0 Å². The molecule has 2 heterocycles. The van der Waals surface area contributed by atoms with Crippen molar-refractivity contribution in [2.45, 2.75) is 42.9 Å². The van der Waals surface area contributed by atoms with Gasteiger partial charge < -0.3 is 20.8 Å². The van der Waals surface area contributed by atoms with Crippen LogP contribution >= 0.6 is 0 Å². The number of anilines is 1. The van der Waals surface area contributed by atoms with Crippen LogP contribution in [-0.4, -0.2) is 50.3 Å². The van der Waals surface area contributed by atoms with Crippen LogP contribution in [0.15, 0.2) is 82.3 Å². The van der Waals surface area contributed by atoms with Crippen LogP contribution in [0.2, 0.25) is 0 Å². The van der Waals surface area contributed by atoms with E-state index < -0.39 is 57.2 Å². The van der Waals surface area contributed by atoms with Crippen molar-refractivity contribution in [1.29, 1.82) is 0 Å². The van der Waals surface area contributed by atoms with Crippen LogP contribution in [0.3, 0.4) is 0 Å². The van der Waals surface area contributed by atoms with E-state index in [1.165, 1.54) is 40.7 Å². The molecule has 0 saturated carbocycles. The third kappa shape index (κ3) is 7.28. The molecule has 1 amide bonds. The van der Waals surface area contributed by atoms with Crippen molar-refractivity contribution in [3.8, 4) is 0 Å². The molecule has 1 fully saturated rings. The molecule has 0 aliphatic carbocycles. The number of carbonyl (C=O) groups excluding carboxylic acids is 1. The SMILES string of the molecule is Cc1ccc(S(=O)(=O)N2CCNCC2CCc2c(F)cccc2NC(=O)[C@@H](N)[C@@H](c2ccc(F)cc2)c2cc(F)cc(F)c2)o1. The van der Waals surface area contributed by atoms with Crippen LogP contribution in [0, 0.1) is 30.2 Å². The zero-order chi connectivity index (χ0) is 32.3. The fraction of sp³-hybridized carbons (Fsp3) is 0.281. The van der Waals surface area contributed by atoms with E-state index in [9.17, 15) is 26.4 Å². The predicted octanol–water partition coefficient (Wildman–Crippen LogP) is 4.84. The average molecular weight is 645 g/mol. The van der Waals surface area contributed by atoms with Crippen molar-refractivity contribution < 1.29 is 35.2 Å². The topological polar surface area (TPSA) is 118 Å². The summed E-state index contributed by atoms with van der Waals surface area (Å²) in [4.78, 5) is 13.5. The lowest BCUT2D eigenvalue weighted by Crippen LogP contribution is -2.53. The highest BCUT2D eigenvalue weighted by Crippen LogP contribution is 2.31. The number of hydrogen-bond acceptors (Lipinski definition) is 6. The number of furan rings is 1. The second kappa shape index (κ2) is 13.5. The van der Waals surface area contributed by atoms with Crippen molar-refractivity contribution >= 4 is 21.6 Å². The summed E-state index contributed by atoms with van der Waals surface area (Å²) < 4.78 is 90.6. The molecule has 1 aliphatic rings. The van der Waals surface area contributed by atoms with Gasteiger partial charge in [-0.2, -0.15) is 4.31 Å². The number of aryl methyl sites for hydroxylation is 1. The first kappa shape index (κ1) is 32.4. The molecule has 13 heteroatoms. The zero-order valence-corrected chi connectivity index (χ0v) is 25.1. The first-order chi connectivity index (χ1) is 21.4. The molecule has 3 atom stereocenters. The molecule has 1 aromatic heterocycles. The second-order valence-corrected chi connectivity index (χ2v) is 12.7. The molecule has 1 saturated heterocycles. The van der Waals surface area contributed by atoms with E-state index in [4.69, 9.17) is 10.2 Å². The molecule has 238 valence electrons. The summed E-state index contributed by atoms with van der Waals surface area (Å²) in [7, 11) is -3.95. The highest BCUT2D eigenvalue weighted by atomic mass is 32.2. The van der Waals surface area contributed by atoms with Crippen molar-refractivity contribution in [3.63, 3.8) is 0 Å². The number of rotatable bonds is 10. The number of halogens is 4. The number of hydrogen-bond donors (Lipinski definition) is 3. The molecule has 0 radical (unpaired) electrons. The van der Waals surface area contributed by atoms with E-state index in [1.54, 1.807) is 13.0 Å². The summed E-state index contributed by atoms with van der Waals surface area (Å²) in [6.07, 6.45) is 0.270. The number of sulfonamides is 1. The Bertz CT molecular complexity index is 1760. The molecule has 0 spiro atoms. The van der Waals surface area contributed by atoms with Gasteiger partial charge in [0.05, 0.1) is 6.04 Å². The molecule has 3 aromatic carbocycles. The number of amides is 1. The zero-order valence-electron chi connectivity index (χ0n) is 24.3. The van der Waals surface area contributed by atoms with E-state index in [2.05, 4.69) is 10.6 Å². The smallest absolute Gasteiger partial charge is 0.276 e. The van der Waals surface area contributed by atoms with Gasteiger partial charge in [-0.3, -0.25) is 4.79 Å². The Balaban J connectivity index is 1.38. The molecule has 8 nitrogen and oxygen atoms in total. The maximum atomic E-state index is 15.2. The van der Waals surface area contributed by atoms with E-state index in [-0.39, 0.29) is 41.3 Å². The first-order valence-electron chi connectivity index (χ1n) is 14.3. The number of carbonyl (C=O) groups is 1. The van der Waals surface area contributed by atoms with Gasteiger partial charge in [0.1, 0.15) is 29.0 Å². The number of piperazine rings is 1. The lowest BCUT2D eigenvalue weighted by atomic mass is 9.84. The maximum absolute atomic E-state index is 15.2. The van der Waals surface area contributed by atoms with Gasteiger partial charge in [-0.15, -0.1) is 0 Å². The van der Waals surface area contributed by atoms with Gasteiger partial charge in [-0.05, 0) is 79.4 Å². The molecular formula is C32H32F4N4O4S. The molecule has 0 bridgehead atoms. The normalized spacial score (nSPS) is 17.2. The fourth-order valence-electron chi connectivity index (χ4n) is 5.61. The highest BCUT2D eigenvalue weighted by molar-refractivity contribution is 7.89. The van der Waals surface area contributed by atoms with Crippen LogP contribution in [0.4, 0.5) is 23.2 Å². The first-order valence-corrected chi connectivity index (χ1v) is 15.7. The van der Waals surface area contributed by atoms with Crippen LogP contribution < -0.4 is 16.4 Å². The Kier molecular flexibility index (Phi) is 9.73. The summed E-state index contributed by atoms with van der Waals surface area (Å²) in [5.41, 5.74) is 7.01. The maximum Gasteiger partial charge on any atom is 0.276 e. The molecule has 1 aliphatic heterocycles. The summed E-state index contributed by atoms with van der Waals surface area (Å²) in [5.74, 6) is -4.34. The third-order valence-electron chi connectivity index (χ3n) is 7.81. The predicted molar refractivity (Wildman–Crippen MR) is 160 cm³/mol. The van der Waals surface area contributed by atoms with E-state index in [1.807, 2.05) is 0 Å².